The van der Waals surface area contributed by atoms with E-state index in [1.807, 2.05) is 39.0 Å². The van der Waals surface area contributed by atoms with E-state index in [-0.39, 0.29) is 24.3 Å². The molecule has 4 N–H and O–H groups in total. The molecule has 1 heterocycles. The largest absolute Gasteiger partial charge is 0.493 e. The Morgan fingerprint density at radius 3 is 2.67 bits per heavy atom. The van der Waals surface area contributed by atoms with Crippen LogP contribution in [0.25, 0.3) is 0 Å². The zero-order valence-electron chi connectivity index (χ0n) is 16.4. The lowest BCUT2D eigenvalue weighted by Crippen LogP contribution is -2.46. The Balaban J connectivity index is 1.85. The molecule has 27 heavy (non-hydrogen) atoms. The van der Waals surface area contributed by atoms with Gasteiger partial charge in [-0.2, -0.15) is 0 Å². The van der Waals surface area contributed by atoms with Crippen LogP contribution in [0.3, 0.4) is 0 Å². The van der Waals surface area contributed by atoms with Gasteiger partial charge in [-0.3, -0.25) is 9.59 Å². The van der Waals surface area contributed by atoms with Gasteiger partial charge in [0.05, 0.1) is 19.2 Å². The van der Waals surface area contributed by atoms with Gasteiger partial charge >= 0.3 is 0 Å². The van der Waals surface area contributed by atoms with Crippen LogP contribution in [0.4, 0.5) is 5.69 Å². The van der Waals surface area contributed by atoms with Gasteiger partial charge in [0.2, 0.25) is 11.8 Å². The molecule has 1 aromatic carbocycles. The number of nitrogens with two attached hydrogens (primary N) is 1. The third kappa shape index (κ3) is 6.84. The van der Waals surface area contributed by atoms with E-state index in [0.717, 1.165) is 37.4 Å². The fraction of sp³-hybridized carbons (Fsp3) is 0.600. The smallest absolute Gasteiger partial charge is 0.243 e. The molecule has 2 rings (SSSR count). The van der Waals surface area contributed by atoms with Crippen LogP contribution in [-0.4, -0.2) is 44.2 Å². The molecule has 1 saturated heterocycles. The third-order valence-corrected chi connectivity index (χ3v) is 4.73. The highest BCUT2D eigenvalue weighted by Crippen LogP contribution is 2.24. The molecule has 0 saturated carbocycles. The lowest BCUT2D eigenvalue weighted by atomic mass is 10.0. The van der Waals surface area contributed by atoms with Gasteiger partial charge in [0.1, 0.15) is 5.75 Å². The van der Waals surface area contributed by atoms with Crippen LogP contribution in [0.1, 0.15) is 32.3 Å². The first kappa shape index (κ1) is 21.2. The van der Waals surface area contributed by atoms with E-state index >= 15 is 0 Å². The molecule has 1 aliphatic rings. The van der Waals surface area contributed by atoms with E-state index in [4.69, 9.17) is 15.2 Å². The summed E-state index contributed by atoms with van der Waals surface area (Å²) in [6.45, 7) is 7.79. The Kier molecular flexibility index (Phi) is 8.06. The molecule has 0 bridgehead atoms. The molecule has 0 spiro atoms. The molecule has 2 amide bonds. The van der Waals surface area contributed by atoms with Crippen LogP contribution in [0.15, 0.2) is 18.2 Å². The normalized spacial score (nSPS) is 16.0. The summed E-state index contributed by atoms with van der Waals surface area (Å²) in [5.74, 6) is 0.630. The Labute approximate surface area is 161 Å². The van der Waals surface area contributed by atoms with Crippen LogP contribution < -0.4 is 21.1 Å². The molecule has 0 unspecified atom stereocenters. The number of anilines is 1. The summed E-state index contributed by atoms with van der Waals surface area (Å²) in [6.07, 6.45) is 2.02. The van der Waals surface area contributed by atoms with Gasteiger partial charge in [0, 0.05) is 25.0 Å². The number of benzene rings is 1. The van der Waals surface area contributed by atoms with E-state index in [0.29, 0.717) is 18.2 Å². The van der Waals surface area contributed by atoms with Crippen molar-refractivity contribution < 1.29 is 19.1 Å². The fourth-order valence-electron chi connectivity index (χ4n) is 2.75. The molecule has 7 heteroatoms. The molecular formula is C20H31N3O4. The molecule has 7 nitrogen and oxygen atoms in total. The van der Waals surface area contributed by atoms with Crippen molar-refractivity contribution in [2.24, 2.45) is 17.6 Å². The predicted molar refractivity (Wildman–Crippen MR) is 105 cm³/mol. The van der Waals surface area contributed by atoms with E-state index < -0.39 is 6.04 Å². The number of carbonyl (C=O) groups excluding carboxylic acids is 2. The number of amides is 2. The number of ether oxygens (including phenoxy) is 2. The maximum atomic E-state index is 12.1. The fourth-order valence-corrected chi connectivity index (χ4v) is 2.75. The number of carbonyl (C=O) groups is 2. The van der Waals surface area contributed by atoms with Crippen LogP contribution in [0.2, 0.25) is 0 Å². The van der Waals surface area contributed by atoms with Crippen molar-refractivity contribution in [2.45, 2.75) is 39.7 Å². The van der Waals surface area contributed by atoms with Gasteiger partial charge in [-0.05, 0) is 43.2 Å². The molecule has 150 valence electrons. The topological polar surface area (TPSA) is 103 Å². The zero-order valence-corrected chi connectivity index (χ0v) is 16.4. The number of hydrogen-bond acceptors (Lipinski definition) is 5. The molecule has 0 aromatic heterocycles. The highest BCUT2D eigenvalue weighted by atomic mass is 16.5. The number of rotatable bonds is 8. The summed E-state index contributed by atoms with van der Waals surface area (Å²) < 4.78 is 11.3. The Bertz CT molecular complexity index is 642. The highest BCUT2D eigenvalue weighted by molar-refractivity contribution is 5.95. The first-order valence-electron chi connectivity index (χ1n) is 9.51. The molecule has 0 radical (unpaired) electrons. The average molecular weight is 377 g/mol. The summed E-state index contributed by atoms with van der Waals surface area (Å²) in [5.41, 5.74) is 7.41. The Morgan fingerprint density at radius 1 is 1.30 bits per heavy atom. The standard InChI is InChI=1S/C20H31N3O4/c1-13(2)19(21)20(25)22-11-18(24)23-16-5-4-14(3)17(10-16)27-12-15-6-8-26-9-7-15/h4-5,10,13,15,19H,6-9,11-12,21H2,1-3H3,(H,22,25)(H,23,24)/t19-/m0/s1. The van der Waals surface area contributed by atoms with E-state index in [9.17, 15) is 9.59 Å². The lowest BCUT2D eigenvalue weighted by molar-refractivity contribution is -0.125. The van der Waals surface area contributed by atoms with Gasteiger partial charge in [0.15, 0.2) is 0 Å². The molecule has 1 atom stereocenters. The SMILES string of the molecule is Cc1ccc(NC(=O)CNC(=O)[C@@H](N)C(C)C)cc1OCC1CCOCC1. The van der Waals surface area contributed by atoms with Crippen molar-refractivity contribution in [3.05, 3.63) is 23.8 Å². The van der Waals surface area contributed by atoms with Gasteiger partial charge in [-0.1, -0.05) is 19.9 Å². The molecule has 1 aromatic rings. The van der Waals surface area contributed by atoms with Crippen molar-refractivity contribution in [1.29, 1.82) is 0 Å². The Morgan fingerprint density at radius 2 is 2.00 bits per heavy atom. The molecule has 0 aliphatic carbocycles. The minimum atomic E-state index is -0.623. The van der Waals surface area contributed by atoms with Gasteiger partial charge in [-0.15, -0.1) is 0 Å². The number of aryl methyl sites for hydroxylation is 1. The predicted octanol–water partition coefficient (Wildman–Crippen LogP) is 1.84. The summed E-state index contributed by atoms with van der Waals surface area (Å²) in [7, 11) is 0. The second kappa shape index (κ2) is 10.3. The Hall–Kier alpha value is -2.12. The summed E-state index contributed by atoms with van der Waals surface area (Å²) >= 11 is 0. The average Bonchev–Trinajstić information content (AvgIpc) is 2.66. The van der Waals surface area contributed by atoms with Gasteiger partial charge < -0.3 is 25.8 Å². The maximum absolute atomic E-state index is 12.1. The second-order valence-corrected chi connectivity index (χ2v) is 7.38. The quantitative estimate of drug-likeness (QED) is 0.641. The van der Waals surface area contributed by atoms with Gasteiger partial charge in [0.25, 0.3) is 0 Å². The summed E-state index contributed by atoms with van der Waals surface area (Å²) in [5, 5.41) is 5.34. The van der Waals surface area contributed by atoms with Crippen LogP contribution in [-0.2, 0) is 14.3 Å². The highest BCUT2D eigenvalue weighted by Gasteiger charge is 2.18. The number of nitrogens with one attached hydrogen (secondary N) is 2. The van der Waals surface area contributed by atoms with Crippen molar-refractivity contribution in [3.63, 3.8) is 0 Å². The monoisotopic (exact) mass is 377 g/mol. The summed E-state index contributed by atoms with van der Waals surface area (Å²) in [4.78, 5) is 23.9. The van der Waals surface area contributed by atoms with Crippen molar-refractivity contribution in [3.8, 4) is 5.75 Å². The van der Waals surface area contributed by atoms with Crippen molar-refractivity contribution in [1.82, 2.24) is 5.32 Å². The molecular weight excluding hydrogens is 346 g/mol. The maximum Gasteiger partial charge on any atom is 0.243 e. The molecule has 1 fully saturated rings. The zero-order chi connectivity index (χ0) is 19.8. The minimum absolute atomic E-state index is 0.0144. The van der Waals surface area contributed by atoms with Crippen LogP contribution in [0, 0.1) is 18.8 Å². The number of hydrogen-bond donors (Lipinski definition) is 3. The van der Waals surface area contributed by atoms with Gasteiger partial charge in [-0.25, -0.2) is 0 Å². The van der Waals surface area contributed by atoms with E-state index in [1.54, 1.807) is 0 Å². The first-order chi connectivity index (χ1) is 12.9. The lowest BCUT2D eigenvalue weighted by Gasteiger charge is -2.22. The minimum Gasteiger partial charge on any atom is -0.493 e. The van der Waals surface area contributed by atoms with Crippen molar-refractivity contribution in [2.75, 3.05) is 31.7 Å². The van der Waals surface area contributed by atoms with E-state index in [2.05, 4.69) is 10.6 Å². The molecule has 1 aliphatic heterocycles. The van der Waals surface area contributed by atoms with Crippen molar-refractivity contribution >= 4 is 17.5 Å². The third-order valence-electron chi connectivity index (χ3n) is 4.73. The second-order valence-electron chi connectivity index (χ2n) is 7.38. The first-order valence-corrected chi connectivity index (χ1v) is 9.51. The van der Waals surface area contributed by atoms with Crippen LogP contribution >= 0.6 is 0 Å². The van der Waals surface area contributed by atoms with E-state index in [1.165, 1.54) is 0 Å². The summed E-state index contributed by atoms with van der Waals surface area (Å²) in [6, 6.07) is 4.91. The van der Waals surface area contributed by atoms with Crippen LogP contribution in [0.5, 0.6) is 5.75 Å².